The topological polar surface area (TPSA) is 73.9 Å². The molecule has 0 saturated carbocycles. The molecule has 0 amide bonds. The van der Waals surface area contributed by atoms with Crippen LogP contribution in [0.15, 0.2) is 34.7 Å². The van der Waals surface area contributed by atoms with Gasteiger partial charge >= 0.3 is 5.97 Å². The van der Waals surface area contributed by atoms with E-state index < -0.39 is 11.9 Å². The van der Waals surface area contributed by atoms with Crippen molar-refractivity contribution >= 4 is 23.4 Å². The van der Waals surface area contributed by atoms with Crippen LogP contribution in [0, 0.1) is 5.41 Å². The van der Waals surface area contributed by atoms with Gasteiger partial charge in [-0.15, -0.1) is 0 Å². The van der Waals surface area contributed by atoms with Gasteiger partial charge in [0.2, 0.25) is 0 Å². The third kappa shape index (κ3) is 3.73. The smallest absolute Gasteiger partial charge is 0.336 e. The van der Waals surface area contributed by atoms with Crippen LogP contribution in [0.1, 0.15) is 45.1 Å². The Balaban J connectivity index is 2.27. The zero-order valence-corrected chi connectivity index (χ0v) is 18.3. The molecule has 0 radical (unpaired) electrons. The highest BCUT2D eigenvalue weighted by atomic mass is 35.5. The highest BCUT2D eigenvalue weighted by Crippen LogP contribution is 2.49. The fourth-order valence-corrected chi connectivity index (χ4v) is 4.55. The molecule has 1 aromatic rings. The van der Waals surface area contributed by atoms with Crippen molar-refractivity contribution in [2.24, 2.45) is 5.41 Å². The van der Waals surface area contributed by atoms with Crippen molar-refractivity contribution in [3.05, 3.63) is 45.3 Å². The SMILES string of the molecule is COC(=O)C1=C(C)NC2=C(C(=O)CC(C)(C)C2)[C@@H]1c1cc(Cl)c(OC)c(OC)c1. The number of benzene rings is 1. The van der Waals surface area contributed by atoms with E-state index in [0.717, 1.165) is 5.70 Å². The Hall–Kier alpha value is -2.47. The molecule has 0 aromatic heterocycles. The lowest BCUT2D eigenvalue weighted by Crippen LogP contribution is -2.38. The summed E-state index contributed by atoms with van der Waals surface area (Å²) >= 11 is 6.43. The Bertz CT molecular complexity index is 945. The summed E-state index contributed by atoms with van der Waals surface area (Å²) in [6.45, 7) is 5.94. The minimum atomic E-state index is -0.598. The zero-order valence-electron chi connectivity index (χ0n) is 17.6. The van der Waals surface area contributed by atoms with E-state index in [1.807, 2.05) is 6.92 Å². The van der Waals surface area contributed by atoms with E-state index in [-0.39, 0.29) is 11.2 Å². The van der Waals surface area contributed by atoms with Crippen LogP contribution in [0.25, 0.3) is 0 Å². The van der Waals surface area contributed by atoms with Crippen LogP contribution in [0.3, 0.4) is 0 Å². The largest absolute Gasteiger partial charge is 0.493 e. The van der Waals surface area contributed by atoms with E-state index in [0.29, 0.717) is 51.8 Å². The number of ether oxygens (including phenoxy) is 3. The van der Waals surface area contributed by atoms with Gasteiger partial charge in [0.15, 0.2) is 17.3 Å². The quantitative estimate of drug-likeness (QED) is 0.739. The number of carbonyl (C=O) groups excluding carboxylic acids is 2. The van der Waals surface area contributed by atoms with Crippen LogP contribution in [-0.4, -0.2) is 33.1 Å². The third-order valence-electron chi connectivity index (χ3n) is 5.43. The normalized spacial score (nSPS) is 20.8. The fraction of sp³-hybridized carbons (Fsp3) is 0.455. The number of carbonyl (C=O) groups is 2. The van der Waals surface area contributed by atoms with Gasteiger partial charge in [-0.3, -0.25) is 4.79 Å². The molecule has 1 aliphatic carbocycles. The predicted octanol–water partition coefficient (Wildman–Crippen LogP) is 4.13. The van der Waals surface area contributed by atoms with Crippen LogP contribution < -0.4 is 14.8 Å². The summed E-state index contributed by atoms with van der Waals surface area (Å²) in [4.78, 5) is 25.9. The zero-order chi connectivity index (χ0) is 21.5. The Morgan fingerprint density at radius 1 is 1.17 bits per heavy atom. The molecule has 0 bridgehead atoms. The number of dihydropyridines is 1. The number of hydrogen-bond acceptors (Lipinski definition) is 6. The second-order valence-corrected chi connectivity index (χ2v) is 8.57. The van der Waals surface area contributed by atoms with Gasteiger partial charge in [0.05, 0.1) is 31.9 Å². The predicted molar refractivity (Wildman–Crippen MR) is 110 cm³/mol. The lowest BCUT2D eigenvalue weighted by atomic mass is 9.68. The summed E-state index contributed by atoms with van der Waals surface area (Å²) in [5, 5.41) is 3.62. The van der Waals surface area contributed by atoms with Crippen molar-refractivity contribution in [3.8, 4) is 11.5 Å². The number of allylic oxidation sites excluding steroid dienone is 3. The van der Waals surface area contributed by atoms with Gasteiger partial charge in [0, 0.05) is 29.3 Å². The molecule has 7 heteroatoms. The molecule has 0 unspecified atom stereocenters. The van der Waals surface area contributed by atoms with Crippen LogP contribution in [-0.2, 0) is 14.3 Å². The minimum Gasteiger partial charge on any atom is -0.493 e. The summed E-state index contributed by atoms with van der Waals surface area (Å²) in [5.74, 6) is -0.248. The van der Waals surface area contributed by atoms with Crippen molar-refractivity contribution in [2.45, 2.75) is 39.5 Å². The molecule has 1 N–H and O–H groups in total. The Kier molecular flexibility index (Phi) is 5.68. The van der Waals surface area contributed by atoms with Crippen molar-refractivity contribution in [2.75, 3.05) is 21.3 Å². The maximum Gasteiger partial charge on any atom is 0.336 e. The van der Waals surface area contributed by atoms with E-state index in [4.69, 9.17) is 25.8 Å². The van der Waals surface area contributed by atoms with E-state index in [9.17, 15) is 9.59 Å². The first kappa shape index (κ1) is 21.2. The fourth-order valence-electron chi connectivity index (χ4n) is 4.25. The van der Waals surface area contributed by atoms with Crippen LogP contribution >= 0.6 is 11.6 Å². The van der Waals surface area contributed by atoms with E-state index in [1.54, 1.807) is 12.1 Å². The highest BCUT2D eigenvalue weighted by molar-refractivity contribution is 6.32. The average Bonchev–Trinajstić information content (AvgIpc) is 2.64. The van der Waals surface area contributed by atoms with Crippen LogP contribution in [0.5, 0.6) is 11.5 Å². The monoisotopic (exact) mass is 419 g/mol. The average molecular weight is 420 g/mol. The molecule has 0 spiro atoms. The number of Topliss-reactive ketones (excluding diaryl/α,β-unsaturated/α-hetero) is 1. The molecule has 2 aliphatic rings. The van der Waals surface area contributed by atoms with Gasteiger partial charge in [-0.1, -0.05) is 25.4 Å². The molecule has 3 rings (SSSR count). The summed E-state index contributed by atoms with van der Waals surface area (Å²) in [7, 11) is 4.35. The Labute approximate surface area is 175 Å². The number of nitrogens with one attached hydrogen (secondary N) is 1. The number of hydrogen-bond donors (Lipinski definition) is 1. The lowest BCUT2D eigenvalue weighted by molar-refractivity contribution is -0.136. The van der Waals surface area contributed by atoms with Gasteiger partial charge in [0.1, 0.15) is 0 Å². The van der Waals surface area contributed by atoms with Gasteiger partial charge in [-0.05, 0) is 36.5 Å². The van der Waals surface area contributed by atoms with E-state index in [1.165, 1.54) is 21.3 Å². The molecule has 1 aromatic carbocycles. The highest BCUT2D eigenvalue weighted by Gasteiger charge is 2.43. The molecule has 156 valence electrons. The van der Waals surface area contributed by atoms with Gasteiger partial charge < -0.3 is 19.5 Å². The minimum absolute atomic E-state index is 0.00793. The lowest BCUT2D eigenvalue weighted by Gasteiger charge is -2.39. The second kappa shape index (κ2) is 7.75. The molecule has 1 aliphatic heterocycles. The van der Waals surface area contributed by atoms with Crippen molar-refractivity contribution in [1.29, 1.82) is 0 Å². The van der Waals surface area contributed by atoms with Crippen LogP contribution in [0.4, 0.5) is 0 Å². The number of ketones is 1. The number of halogens is 1. The Morgan fingerprint density at radius 2 is 1.86 bits per heavy atom. The summed E-state index contributed by atoms with van der Waals surface area (Å²) in [6.07, 6.45) is 1.11. The molecular formula is C22H26ClNO5. The summed E-state index contributed by atoms with van der Waals surface area (Å²) in [5.41, 5.74) is 2.99. The van der Waals surface area contributed by atoms with Gasteiger partial charge in [-0.25, -0.2) is 4.79 Å². The second-order valence-electron chi connectivity index (χ2n) is 8.16. The molecule has 0 fully saturated rings. The molecule has 29 heavy (non-hydrogen) atoms. The first-order valence-electron chi connectivity index (χ1n) is 9.37. The first-order valence-corrected chi connectivity index (χ1v) is 9.75. The summed E-state index contributed by atoms with van der Waals surface area (Å²) < 4.78 is 15.8. The van der Waals surface area contributed by atoms with Crippen molar-refractivity contribution in [3.63, 3.8) is 0 Å². The molecule has 6 nitrogen and oxygen atoms in total. The van der Waals surface area contributed by atoms with Gasteiger partial charge in [-0.2, -0.15) is 0 Å². The first-order chi connectivity index (χ1) is 13.6. The molecular weight excluding hydrogens is 394 g/mol. The molecule has 1 atom stereocenters. The summed E-state index contributed by atoms with van der Waals surface area (Å²) in [6, 6.07) is 3.47. The van der Waals surface area contributed by atoms with E-state index in [2.05, 4.69) is 19.2 Å². The maximum absolute atomic E-state index is 13.2. The Morgan fingerprint density at radius 3 is 2.45 bits per heavy atom. The van der Waals surface area contributed by atoms with E-state index >= 15 is 0 Å². The van der Waals surface area contributed by atoms with Crippen LogP contribution in [0.2, 0.25) is 5.02 Å². The molecule has 1 heterocycles. The maximum atomic E-state index is 13.2. The molecule has 0 saturated heterocycles. The number of methoxy groups -OCH3 is 3. The third-order valence-corrected chi connectivity index (χ3v) is 5.72. The standard InChI is InChI=1S/C22H26ClNO5/c1-11-17(21(26)29-6)18(12-7-13(23)20(28-5)16(8-12)27-4)19-14(24-11)9-22(2,3)10-15(19)25/h7-8,18,24H,9-10H2,1-6H3/t18-/m1/s1. The van der Waals surface area contributed by atoms with Crippen molar-refractivity contribution in [1.82, 2.24) is 5.32 Å². The number of rotatable bonds is 4. The van der Waals surface area contributed by atoms with Gasteiger partial charge in [0.25, 0.3) is 0 Å². The van der Waals surface area contributed by atoms with Crippen molar-refractivity contribution < 1.29 is 23.8 Å². The number of esters is 1.